The molecule has 0 N–H and O–H groups in total. The summed E-state index contributed by atoms with van der Waals surface area (Å²) >= 11 is 1.87. The standard InChI is InChI=1S/C73H43NO2S/c1-2-16-44(17-3-1)45-32-36-47(37-33-45)74(48-38-34-46(35-39-48)50-23-14-24-54-53-20-8-13-31-67(53)77-72(50)54)49-40-41-65-58(42-49)59-43-66-69(56-22-7-12-30-64(56)75-66)70(71(59)76-65)57-25-15-29-63-68(57)55-21-6-11-28-62(55)73(63)60-26-9-4-18-51(60)52-19-5-10-27-61(52)73/h1-43H. The SMILES string of the molecule is c1ccc(-c2ccc(N(c3ccc(-c4cccc5c4sc4ccccc45)cc3)c3ccc4oc5c(-c6cccc7c6-c6ccccc6C76c7ccccc7-c7ccccc76)c6c(cc5c4c3)oc3ccccc36)cc2)cc1. The number of fused-ring (bicyclic) bond motifs is 19. The molecule has 1 spiro atoms. The van der Waals surface area contributed by atoms with E-state index in [0.717, 1.165) is 72.1 Å². The van der Waals surface area contributed by atoms with Crippen molar-refractivity contribution in [1.29, 1.82) is 0 Å². The highest BCUT2D eigenvalue weighted by Gasteiger charge is 2.52. The zero-order valence-corrected chi connectivity index (χ0v) is 42.3. The highest BCUT2D eigenvalue weighted by atomic mass is 32.1. The van der Waals surface area contributed by atoms with Gasteiger partial charge in [0.2, 0.25) is 0 Å². The molecule has 0 atom stereocenters. The molecular formula is C73H43NO2S. The number of benzene rings is 12. The molecule has 4 heteroatoms. The van der Waals surface area contributed by atoms with Crippen molar-refractivity contribution in [2.24, 2.45) is 0 Å². The van der Waals surface area contributed by atoms with E-state index >= 15 is 0 Å². The minimum Gasteiger partial charge on any atom is -0.456 e. The number of nitrogens with zero attached hydrogens (tertiary/aromatic N) is 1. The Balaban J connectivity index is 0.883. The Morgan fingerprint density at radius 2 is 0.857 bits per heavy atom. The van der Waals surface area contributed by atoms with Gasteiger partial charge in [0.15, 0.2) is 0 Å². The summed E-state index contributed by atoms with van der Waals surface area (Å²) in [5, 5.41) is 6.74. The van der Waals surface area contributed by atoms with Crippen LogP contribution in [0, 0.1) is 0 Å². The maximum atomic E-state index is 7.31. The van der Waals surface area contributed by atoms with E-state index in [2.05, 4.69) is 266 Å². The van der Waals surface area contributed by atoms with Crippen LogP contribution in [0.4, 0.5) is 17.1 Å². The van der Waals surface area contributed by atoms with Crippen molar-refractivity contribution >= 4 is 92.4 Å². The average Bonchev–Trinajstić information content (AvgIpc) is 3.74. The van der Waals surface area contributed by atoms with Gasteiger partial charge < -0.3 is 13.7 Å². The first-order valence-corrected chi connectivity index (χ1v) is 27.2. The molecule has 0 radical (unpaired) electrons. The summed E-state index contributed by atoms with van der Waals surface area (Å²) in [6.07, 6.45) is 0. The lowest BCUT2D eigenvalue weighted by Gasteiger charge is -2.30. The van der Waals surface area contributed by atoms with Gasteiger partial charge in [-0.15, -0.1) is 11.3 Å². The number of thiophene rings is 1. The summed E-state index contributed by atoms with van der Waals surface area (Å²) in [7, 11) is 0. The monoisotopic (exact) mass is 997 g/mol. The second kappa shape index (κ2) is 16.1. The fourth-order valence-corrected chi connectivity index (χ4v) is 14.7. The normalized spacial score (nSPS) is 13.0. The Hall–Kier alpha value is -9.74. The quantitative estimate of drug-likeness (QED) is 0.166. The third-order valence-electron chi connectivity index (χ3n) is 16.7. The predicted molar refractivity (Wildman–Crippen MR) is 321 cm³/mol. The van der Waals surface area contributed by atoms with Crippen molar-refractivity contribution < 1.29 is 8.83 Å². The largest absolute Gasteiger partial charge is 0.456 e. The van der Waals surface area contributed by atoms with E-state index in [1.54, 1.807) is 0 Å². The summed E-state index contributed by atoms with van der Waals surface area (Å²) in [4.78, 5) is 2.37. The molecule has 0 amide bonds. The van der Waals surface area contributed by atoms with E-state index in [0.29, 0.717) is 0 Å². The molecule has 12 aromatic carbocycles. The van der Waals surface area contributed by atoms with Gasteiger partial charge in [-0.25, -0.2) is 0 Å². The highest BCUT2D eigenvalue weighted by Crippen LogP contribution is 2.64. The van der Waals surface area contributed by atoms with E-state index in [4.69, 9.17) is 8.83 Å². The van der Waals surface area contributed by atoms with Crippen LogP contribution in [0.5, 0.6) is 0 Å². The summed E-state index contributed by atoms with van der Waals surface area (Å²) in [5.74, 6) is 0. The summed E-state index contributed by atoms with van der Waals surface area (Å²) in [6, 6.07) is 95.4. The van der Waals surface area contributed by atoms with Crippen LogP contribution in [-0.2, 0) is 5.41 Å². The number of furan rings is 2. The molecule has 358 valence electrons. The van der Waals surface area contributed by atoms with Gasteiger partial charge >= 0.3 is 0 Å². The molecule has 0 saturated heterocycles. The first kappa shape index (κ1) is 42.6. The second-order valence-electron chi connectivity index (χ2n) is 20.6. The highest BCUT2D eigenvalue weighted by molar-refractivity contribution is 7.26. The summed E-state index contributed by atoms with van der Waals surface area (Å²) in [5.41, 5.74) is 23.2. The number of hydrogen-bond acceptors (Lipinski definition) is 4. The van der Waals surface area contributed by atoms with E-state index < -0.39 is 5.41 Å². The molecule has 0 fully saturated rings. The van der Waals surface area contributed by atoms with Crippen LogP contribution < -0.4 is 4.90 Å². The lowest BCUT2D eigenvalue weighted by Crippen LogP contribution is -2.25. The Kier molecular flexibility index (Phi) is 8.92. The van der Waals surface area contributed by atoms with Gasteiger partial charge in [-0.05, 0) is 133 Å². The van der Waals surface area contributed by atoms with E-state index in [1.807, 2.05) is 11.3 Å². The lowest BCUT2D eigenvalue weighted by molar-refractivity contribution is 0.664. The molecular weight excluding hydrogens is 955 g/mol. The van der Waals surface area contributed by atoms with Crippen LogP contribution in [-0.4, -0.2) is 0 Å². The molecule has 77 heavy (non-hydrogen) atoms. The minimum atomic E-state index is -0.490. The van der Waals surface area contributed by atoms with Crippen molar-refractivity contribution in [2.75, 3.05) is 4.90 Å². The average molecular weight is 998 g/mol. The van der Waals surface area contributed by atoms with Gasteiger partial charge in [0.1, 0.15) is 22.3 Å². The van der Waals surface area contributed by atoms with E-state index in [1.165, 1.54) is 86.9 Å². The zero-order valence-electron chi connectivity index (χ0n) is 41.5. The fourth-order valence-electron chi connectivity index (χ4n) is 13.5. The van der Waals surface area contributed by atoms with Gasteiger partial charge in [0, 0.05) is 64.3 Å². The predicted octanol–water partition coefficient (Wildman–Crippen LogP) is 20.7. The van der Waals surface area contributed by atoms with Crippen LogP contribution in [0.3, 0.4) is 0 Å². The molecule has 15 aromatic rings. The molecule has 2 aliphatic rings. The minimum absolute atomic E-state index is 0.490. The summed E-state index contributed by atoms with van der Waals surface area (Å²) < 4.78 is 16.8. The van der Waals surface area contributed by atoms with Crippen molar-refractivity contribution in [3.8, 4) is 55.6 Å². The molecule has 0 aliphatic heterocycles. The number of anilines is 3. The molecule has 3 aromatic heterocycles. The van der Waals surface area contributed by atoms with Gasteiger partial charge in [0.05, 0.1) is 5.41 Å². The molecule has 17 rings (SSSR count). The number of para-hydroxylation sites is 1. The fraction of sp³-hybridized carbons (Fsp3) is 0.0137. The van der Waals surface area contributed by atoms with Crippen LogP contribution in [0.1, 0.15) is 22.3 Å². The number of hydrogen-bond donors (Lipinski definition) is 0. The van der Waals surface area contributed by atoms with E-state index in [9.17, 15) is 0 Å². The van der Waals surface area contributed by atoms with Crippen molar-refractivity contribution in [1.82, 2.24) is 0 Å². The Morgan fingerprint density at radius 3 is 1.62 bits per heavy atom. The molecule has 3 heterocycles. The smallest absolute Gasteiger partial charge is 0.144 e. The van der Waals surface area contributed by atoms with Crippen LogP contribution in [0.2, 0.25) is 0 Å². The second-order valence-corrected chi connectivity index (χ2v) is 21.6. The third kappa shape index (κ3) is 5.96. The summed E-state index contributed by atoms with van der Waals surface area (Å²) in [6.45, 7) is 0. The van der Waals surface area contributed by atoms with Crippen LogP contribution in [0.15, 0.2) is 270 Å². The molecule has 3 nitrogen and oxygen atoms in total. The maximum absolute atomic E-state index is 7.31. The molecule has 2 aliphatic carbocycles. The van der Waals surface area contributed by atoms with Gasteiger partial charge in [-0.3, -0.25) is 0 Å². The molecule has 0 bridgehead atoms. The molecule has 0 saturated carbocycles. The topological polar surface area (TPSA) is 29.5 Å². The van der Waals surface area contributed by atoms with E-state index in [-0.39, 0.29) is 0 Å². The van der Waals surface area contributed by atoms with Crippen molar-refractivity contribution in [3.63, 3.8) is 0 Å². The van der Waals surface area contributed by atoms with Gasteiger partial charge in [0.25, 0.3) is 0 Å². The first-order chi connectivity index (χ1) is 38.2. The first-order valence-electron chi connectivity index (χ1n) is 26.4. The maximum Gasteiger partial charge on any atom is 0.144 e. The van der Waals surface area contributed by atoms with Gasteiger partial charge in [-0.2, -0.15) is 0 Å². The Morgan fingerprint density at radius 1 is 0.312 bits per heavy atom. The van der Waals surface area contributed by atoms with Crippen LogP contribution in [0.25, 0.3) is 120 Å². The Labute approximate surface area is 447 Å². The lowest BCUT2D eigenvalue weighted by atomic mass is 9.70. The van der Waals surface area contributed by atoms with Crippen molar-refractivity contribution in [3.05, 3.63) is 283 Å². The van der Waals surface area contributed by atoms with Crippen LogP contribution >= 0.6 is 11.3 Å². The van der Waals surface area contributed by atoms with Gasteiger partial charge in [-0.1, -0.05) is 200 Å². The number of rotatable bonds is 6. The Bertz CT molecular complexity index is 4880. The molecule has 0 unspecified atom stereocenters. The third-order valence-corrected chi connectivity index (χ3v) is 17.9. The van der Waals surface area contributed by atoms with Crippen molar-refractivity contribution in [2.45, 2.75) is 5.41 Å². The zero-order chi connectivity index (χ0) is 50.3.